The SMILES string of the molecule is CC1c2nc3ccc(F)cc3cc2[C@H]2C[C@@H]1C2(C)C. The van der Waals surface area contributed by atoms with Crippen molar-refractivity contribution < 1.29 is 4.39 Å². The van der Waals surface area contributed by atoms with Gasteiger partial charge in [0.15, 0.2) is 0 Å². The molecule has 0 aliphatic heterocycles. The molecule has 5 rings (SSSR count). The van der Waals surface area contributed by atoms with Crippen molar-refractivity contribution in [2.45, 2.75) is 39.0 Å². The Bertz CT molecular complexity index is 689. The molecule has 0 amide bonds. The number of halogens is 1. The average Bonchev–Trinajstić information content (AvgIpc) is 2.36. The van der Waals surface area contributed by atoms with Gasteiger partial charge in [-0.3, -0.25) is 4.98 Å². The van der Waals surface area contributed by atoms with Crippen LogP contribution in [0.15, 0.2) is 24.3 Å². The third kappa shape index (κ3) is 1.32. The lowest BCUT2D eigenvalue weighted by molar-refractivity contribution is -0.00251. The van der Waals surface area contributed by atoms with E-state index in [-0.39, 0.29) is 5.82 Å². The first kappa shape index (κ1) is 11.4. The van der Waals surface area contributed by atoms with Crippen LogP contribution in [0.1, 0.15) is 50.3 Å². The average molecular weight is 255 g/mol. The highest BCUT2D eigenvalue weighted by Gasteiger charge is 2.56. The fourth-order valence-electron chi connectivity index (χ4n) is 4.35. The summed E-state index contributed by atoms with van der Waals surface area (Å²) in [6.45, 7) is 7.02. The van der Waals surface area contributed by atoms with Crippen LogP contribution >= 0.6 is 0 Å². The molecule has 1 fully saturated rings. The van der Waals surface area contributed by atoms with Crippen LogP contribution in [0.25, 0.3) is 10.9 Å². The first-order valence-corrected chi connectivity index (χ1v) is 7.08. The van der Waals surface area contributed by atoms with Crippen LogP contribution in [0.4, 0.5) is 4.39 Å². The minimum absolute atomic E-state index is 0.177. The van der Waals surface area contributed by atoms with Crippen molar-refractivity contribution in [1.82, 2.24) is 4.98 Å². The molecule has 1 aromatic heterocycles. The van der Waals surface area contributed by atoms with Crippen molar-refractivity contribution in [3.05, 3.63) is 41.3 Å². The molecule has 2 bridgehead atoms. The Morgan fingerprint density at radius 1 is 1.26 bits per heavy atom. The minimum atomic E-state index is -0.177. The van der Waals surface area contributed by atoms with Gasteiger partial charge in [0.25, 0.3) is 0 Å². The molecule has 19 heavy (non-hydrogen) atoms. The van der Waals surface area contributed by atoms with Gasteiger partial charge in [0, 0.05) is 17.0 Å². The van der Waals surface area contributed by atoms with Gasteiger partial charge in [-0.15, -0.1) is 0 Å². The van der Waals surface area contributed by atoms with Gasteiger partial charge >= 0.3 is 0 Å². The van der Waals surface area contributed by atoms with Crippen molar-refractivity contribution in [1.29, 1.82) is 0 Å². The molecule has 1 saturated carbocycles. The van der Waals surface area contributed by atoms with Crippen molar-refractivity contribution in [3.8, 4) is 0 Å². The molecular weight excluding hydrogens is 237 g/mol. The molecule has 2 aromatic rings. The van der Waals surface area contributed by atoms with Gasteiger partial charge in [-0.05, 0) is 53.5 Å². The second-order valence-electron chi connectivity index (χ2n) is 6.80. The summed E-state index contributed by atoms with van der Waals surface area (Å²) in [4.78, 5) is 4.82. The Labute approximate surface area is 112 Å². The van der Waals surface area contributed by atoms with Crippen molar-refractivity contribution >= 4 is 10.9 Å². The zero-order chi connectivity index (χ0) is 13.4. The highest BCUT2D eigenvalue weighted by molar-refractivity contribution is 5.80. The molecular formula is C17H18FN. The largest absolute Gasteiger partial charge is 0.252 e. The topological polar surface area (TPSA) is 12.9 Å². The van der Waals surface area contributed by atoms with Gasteiger partial charge in [-0.1, -0.05) is 20.8 Å². The van der Waals surface area contributed by atoms with E-state index in [9.17, 15) is 4.39 Å². The molecule has 0 radical (unpaired) electrons. The lowest BCUT2D eigenvalue weighted by atomic mass is 9.45. The second-order valence-corrected chi connectivity index (χ2v) is 6.80. The summed E-state index contributed by atoms with van der Waals surface area (Å²) in [6, 6.07) is 7.08. The van der Waals surface area contributed by atoms with E-state index in [2.05, 4.69) is 26.8 Å². The standard InChI is InChI=1S/C17H18FN/c1-9-13-8-14(17(13,2)3)12-7-10-6-11(18)4-5-15(10)19-16(9)12/h4-7,9,13-14H,8H2,1-3H3/t9?,13-,14+/m0/s1. The van der Waals surface area contributed by atoms with Crippen LogP contribution < -0.4 is 0 Å². The van der Waals surface area contributed by atoms with Crippen molar-refractivity contribution in [2.75, 3.05) is 0 Å². The summed E-state index contributed by atoms with van der Waals surface area (Å²) in [7, 11) is 0. The van der Waals surface area contributed by atoms with Crippen molar-refractivity contribution in [2.24, 2.45) is 11.3 Å². The highest BCUT2D eigenvalue weighted by atomic mass is 19.1. The molecule has 0 N–H and O–H groups in total. The zero-order valence-electron chi connectivity index (χ0n) is 11.6. The molecule has 3 aliphatic rings. The summed E-state index contributed by atoms with van der Waals surface area (Å²) in [5, 5.41) is 0.937. The number of hydrogen-bond donors (Lipinski definition) is 0. The first-order valence-electron chi connectivity index (χ1n) is 7.08. The smallest absolute Gasteiger partial charge is 0.123 e. The Kier molecular flexibility index (Phi) is 2.01. The molecule has 3 aliphatic carbocycles. The van der Waals surface area contributed by atoms with Gasteiger partial charge in [0.1, 0.15) is 5.82 Å². The van der Waals surface area contributed by atoms with Crippen LogP contribution in [0, 0.1) is 17.2 Å². The van der Waals surface area contributed by atoms with E-state index >= 15 is 0 Å². The Hall–Kier alpha value is -1.44. The van der Waals surface area contributed by atoms with Crippen LogP contribution in [0.3, 0.4) is 0 Å². The van der Waals surface area contributed by atoms with Gasteiger partial charge in [-0.25, -0.2) is 4.39 Å². The van der Waals surface area contributed by atoms with E-state index < -0.39 is 0 Å². The molecule has 0 saturated heterocycles. The van der Waals surface area contributed by atoms with Crippen LogP contribution in [0.2, 0.25) is 0 Å². The van der Waals surface area contributed by atoms with E-state index in [0.717, 1.165) is 16.8 Å². The zero-order valence-corrected chi connectivity index (χ0v) is 11.6. The number of aromatic nitrogens is 1. The molecule has 1 unspecified atom stereocenters. The van der Waals surface area contributed by atoms with Gasteiger partial charge in [-0.2, -0.15) is 0 Å². The molecule has 2 heteroatoms. The summed E-state index contributed by atoms with van der Waals surface area (Å²) in [5.74, 6) is 1.69. The molecule has 0 spiro atoms. The maximum Gasteiger partial charge on any atom is 0.123 e. The van der Waals surface area contributed by atoms with Crippen LogP contribution in [-0.2, 0) is 0 Å². The fraction of sp³-hybridized carbons (Fsp3) is 0.471. The Morgan fingerprint density at radius 2 is 2.05 bits per heavy atom. The van der Waals surface area contributed by atoms with Crippen LogP contribution in [-0.4, -0.2) is 4.98 Å². The quantitative estimate of drug-likeness (QED) is 0.669. The minimum Gasteiger partial charge on any atom is -0.252 e. The third-order valence-corrected chi connectivity index (χ3v) is 5.59. The summed E-state index contributed by atoms with van der Waals surface area (Å²) >= 11 is 0. The lowest BCUT2D eigenvalue weighted by Crippen LogP contribution is -2.50. The predicted molar refractivity (Wildman–Crippen MR) is 74.7 cm³/mol. The summed E-state index contributed by atoms with van der Waals surface area (Å²) in [6.07, 6.45) is 1.27. The molecule has 1 nitrogen and oxygen atoms in total. The Morgan fingerprint density at radius 3 is 2.79 bits per heavy atom. The highest BCUT2D eigenvalue weighted by Crippen LogP contribution is 2.66. The number of nitrogens with zero attached hydrogens (tertiary/aromatic N) is 1. The number of fused-ring (bicyclic) bond motifs is 1. The normalized spacial score (nSPS) is 30.8. The lowest BCUT2D eigenvalue weighted by Gasteiger charge is -2.59. The monoisotopic (exact) mass is 255 g/mol. The molecule has 1 heterocycles. The van der Waals surface area contributed by atoms with Crippen molar-refractivity contribution in [3.63, 3.8) is 0 Å². The predicted octanol–water partition coefficient (Wildman–Crippen LogP) is 4.62. The van der Waals surface area contributed by atoms with E-state index in [1.165, 1.54) is 23.7 Å². The maximum atomic E-state index is 13.4. The van der Waals surface area contributed by atoms with E-state index in [1.807, 2.05) is 0 Å². The maximum absolute atomic E-state index is 13.4. The third-order valence-electron chi connectivity index (χ3n) is 5.59. The number of benzene rings is 1. The fourth-order valence-corrected chi connectivity index (χ4v) is 4.35. The Balaban J connectivity index is 1.99. The van der Waals surface area contributed by atoms with E-state index in [4.69, 9.17) is 4.98 Å². The molecule has 98 valence electrons. The van der Waals surface area contributed by atoms with Crippen LogP contribution in [0.5, 0.6) is 0 Å². The molecule has 1 aromatic carbocycles. The molecule has 3 atom stereocenters. The van der Waals surface area contributed by atoms with E-state index in [1.54, 1.807) is 12.1 Å². The number of hydrogen-bond acceptors (Lipinski definition) is 1. The summed E-state index contributed by atoms with van der Waals surface area (Å²) < 4.78 is 13.4. The van der Waals surface area contributed by atoms with Gasteiger partial charge in [0.05, 0.1) is 5.52 Å². The van der Waals surface area contributed by atoms with E-state index in [0.29, 0.717) is 17.3 Å². The summed E-state index contributed by atoms with van der Waals surface area (Å²) in [5.41, 5.74) is 3.90. The number of pyridine rings is 1. The van der Waals surface area contributed by atoms with Gasteiger partial charge in [0.2, 0.25) is 0 Å². The first-order chi connectivity index (χ1) is 8.98. The number of rotatable bonds is 0. The second kappa shape index (κ2) is 3.36. The van der Waals surface area contributed by atoms with Gasteiger partial charge < -0.3 is 0 Å².